The van der Waals surface area contributed by atoms with Crippen molar-refractivity contribution in [2.45, 2.75) is 45.3 Å². The van der Waals surface area contributed by atoms with Crippen molar-refractivity contribution in [3.8, 4) is 0 Å². The van der Waals surface area contributed by atoms with Gasteiger partial charge >= 0.3 is 6.09 Å². The molecule has 3 atom stereocenters. The van der Waals surface area contributed by atoms with E-state index in [9.17, 15) is 4.79 Å². The van der Waals surface area contributed by atoms with E-state index in [0.717, 1.165) is 25.4 Å². The molecule has 0 radical (unpaired) electrons. The molecule has 0 bridgehead atoms. The van der Waals surface area contributed by atoms with Crippen LogP contribution in [0.4, 0.5) is 4.79 Å². The summed E-state index contributed by atoms with van der Waals surface area (Å²) >= 11 is 0. The van der Waals surface area contributed by atoms with Gasteiger partial charge < -0.3 is 15.4 Å². The molecule has 0 aromatic rings. The van der Waals surface area contributed by atoms with Gasteiger partial charge in [-0.05, 0) is 52.0 Å². The average molecular weight is 263 g/mol. The lowest BCUT2D eigenvalue weighted by Crippen LogP contribution is -2.59. The molecule has 2 fully saturated rings. The van der Waals surface area contributed by atoms with Crippen molar-refractivity contribution in [2.75, 3.05) is 13.1 Å². The highest BCUT2D eigenvalue weighted by Crippen LogP contribution is 2.38. The van der Waals surface area contributed by atoms with Crippen molar-refractivity contribution in [2.24, 2.45) is 11.8 Å². The molecule has 1 aliphatic carbocycles. The summed E-state index contributed by atoms with van der Waals surface area (Å²) in [4.78, 5) is 11.6. The molecule has 1 heterocycles. The third-order valence-electron chi connectivity index (χ3n) is 3.45. The molecule has 0 unspecified atom stereocenters. The third kappa shape index (κ3) is 3.75. The predicted molar refractivity (Wildman–Crippen MR) is 69.5 cm³/mol. The van der Waals surface area contributed by atoms with Crippen molar-refractivity contribution in [1.82, 2.24) is 10.6 Å². The summed E-state index contributed by atoms with van der Waals surface area (Å²) in [5.74, 6) is 1.42. The summed E-state index contributed by atoms with van der Waals surface area (Å²) in [5.41, 5.74) is -0.405. The third-order valence-corrected chi connectivity index (χ3v) is 3.45. The van der Waals surface area contributed by atoms with Crippen molar-refractivity contribution < 1.29 is 9.53 Å². The van der Waals surface area contributed by atoms with Gasteiger partial charge in [-0.1, -0.05) is 0 Å². The number of ether oxygens (including phenoxy) is 1. The molecule has 5 heteroatoms. The molecule has 2 N–H and O–H groups in total. The van der Waals surface area contributed by atoms with Crippen LogP contribution in [0, 0.1) is 11.8 Å². The smallest absolute Gasteiger partial charge is 0.407 e. The molecule has 0 spiro atoms. The topological polar surface area (TPSA) is 50.4 Å². The quantitative estimate of drug-likeness (QED) is 0.759. The Hall–Kier alpha value is -0.480. The van der Waals surface area contributed by atoms with Gasteiger partial charge in [0.2, 0.25) is 0 Å². The second-order valence-electron chi connectivity index (χ2n) is 5.91. The highest BCUT2D eigenvalue weighted by Gasteiger charge is 2.43. The maximum Gasteiger partial charge on any atom is 0.407 e. The standard InChI is InChI=1S/C12H22N2O2.ClH/c1-12(2,3)16-11(15)14-10-6-8-4-5-13-7-9(8)10;/h8-10,13H,4-7H2,1-3H3,(H,14,15);1H/t8-,9-,10-;/m1./s1. The van der Waals surface area contributed by atoms with E-state index >= 15 is 0 Å². The maximum absolute atomic E-state index is 11.6. The monoisotopic (exact) mass is 262 g/mol. The van der Waals surface area contributed by atoms with E-state index in [4.69, 9.17) is 4.74 Å². The van der Waals surface area contributed by atoms with Gasteiger partial charge in [-0.2, -0.15) is 0 Å². The van der Waals surface area contributed by atoms with Crippen LogP contribution in [0.5, 0.6) is 0 Å². The molecular formula is C12H23ClN2O2. The number of carbonyl (C=O) groups excluding carboxylic acids is 1. The lowest BCUT2D eigenvalue weighted by molar-refractivity contribution is 0.0276. The van der Waals surface area contributed by atoms with Gasteiger partial charge in [0, 0.05) is 12.6 Å². The van der Waals surface area contributed by atoms with Gasteiger partial charge in [-0.25, -0.2) is 4.79 Å². The van der Waals surface area contributed by atoms with Crippen LogP contribution in [0.3, 0.4) is 0 Å². The summed E-state index contributed by atoms with van der Waals surface area (Å²) < 4.78 is 5.25. The summed E-state index contributed by atoms with van der Waals surface area (Å²) in [5, 5.41) is 6.35. The van der Waals surface area contributed by atoms with Gasteiger partial charge in [0.05, 0.1) is 0 Å². The fourth-order valence-corrected chi connectivity index (χ4v) is 2.63. The van der Waals surface area contributed by atoms with E-state index in [1.54, 1.807) is 0 Å². The molecule has 1 aliphatic heterocycles. The van der Waals surface area contributed by atoms with E-state index in [1.165, 1.54) is 6.42 Å². The van der Waals surface area contributed by atoms with Gasteiger partial charge in [0.25, 0.3) is 0 Å². The summed E-state index contributed by atoms with van der Waals surface area (Å²) in [6, 6.07) is 0.313. The molecule has 17 heavy (non-hydrogen) atoms. The Morgan fingerprint density at radius 2 is 2.12 bits per heavy atom. The summed E-state index contributed by atoms with van der Waals surface area (Å²) in [6.45, 7) is 7.82. The number of nitrogens with one attached hydrogen (secondary N) is 2. The molecule has 4 nitrogen and oxygen atoms in total. The zero-order valence-electron chi connectivity index (χ0n) is 10.8. The Bertz CT molecular complexity index is 278. The molecular weight excluding hydrogens is 240 g/mol. The number of hydrogen-bond donors (Lipinski definition) is 2. The van der Waals surface area contributed by atoms with Crippen LogP contribution in [-0.2, 0) is 4.74 Å². The molecule has 1 amide bonds. The van der Waals surface area contributed by atoms with Crippen LogP contribution in [0.1, 0.15) is 33.6 Å². The zero-order chi connectivity index (χ0) is 11.8. The first-order chi connectivity index (χ1) is 7.46. The van der Waals surface area contributed by atoms with Crippen LogP contribution in [-0.4, -0.2) is 30.8 Å². The summed E-state index contributed by atoms with van der Waals surface area (Å²) in [7, 11) is 0. The second-order valence-corrected chi connectivity index (χ2v) is 5.91. The number of halogens is 1. The highest BCUT2D eigenvalue weighted by atomic mass is 35.5. The highest BCUT2D eigenvalue weighted by molar-refractivity contribution is 5.85. The molecule has 100 valence electrons. The van der Waals surface area contributed by atoms with E-state index in [0.29, 0.717) is 12.0 Å². The van der Waals surface area contributed by atoms with Gasteiger partial charge in [-0.15, -0.1) is 12.4 Å². The molecule has 0 aromatic carbocycles. The number of amides is 1. The number of alkyl carbamates (subject to hydrolysis) is 1. The fourth-order valence-electron chi connectivity index (χ4n) is 2.63. The second kappa shape index (κ2) is 5.44. The largest absolute Gasteiger partial charge is 0.444 e. The van der Waals surface area contributed by atoms with Crippen LogP contribution in [0.25, 0.3) is 0 Å². The van der Waals surface area contributed by atoms with Crippen LogP contribution in [0.2, 0.25) is 0 Å². The Morgan fingerprint density at radius 3 is 2.71 bits per heavy atom. The Kier molecular flexibility index (Phi) is 4.67. The number of fused-ring (bicyclic) bond motifs is 1. The number of carbonyl (C=O) groups is 1. The summed E-state index contributed by atoms with van der Waals surface area (Å²) in [6.07, 6.45) is 2.09. The Morgan fingerprint density at radius 1 is 1.41 bits per heavy atom. The molecule has 1 saturated heterocycles. The predicted octanol–water partition coefficient (Wildman–Crippen LogP) is 1.93. The molecule has 1 saturated carbocycles. The van der Waals surface area contributed by atoms with Crippen molar-refractivity contribution in [3.63, 3.8) is 0 Å². The van der Waals surface area contributed by atoms with E-state index < -0.39 is 5.60 Å². The number of rotatable bonds is 1. The molecule has 0 aromatic heterocycles. The van der Waals surface area contributed by atoms with E-state index in [1.807, 2.05) is 20.8 Å². The Labute approximate surface area is 109 Å². The van der Waals surface area contributed by atoms with Crippen LogP contribution >= 0.6 is 12.4 Å². The first-order valence-electron chi connectivity index (χ1n) is 6.16. The van der Waals surface area contributed by atoms with Gasteiger partial charge in [-0.3, -0.25) is 0 Å². The average Bonchev–Trinajstić information content (AvgIpc) is 2.11. The maximum atomic E-state index is 11.6. The first-order valence-corrected chi connectivity index (χ1v) is 6.16. The lowest BCUT2D eigenvalue weighted by atomic mass is 9.66. The minimum Gasteiger partial charge on any atom is -0.444 e. The number of piperidine rings is 1. The fraction of sp³-hybridized carbons (Fsp3) is 0.917. The van der Waals surface area contributed by atoms with E-state index in [2.05, 4.69) is 10.6 Å². The van der Waals surface area contributed by atoms with Gasteiger partial charge in [0.15, 0.2) is 0 Å². The van der Waals surface area contributed by atoms with Crippen LogP contribution in [0.15, 0.2) is 0 Å². The van der Waals surface area contributed by atoms with Gasteiger partial charge in [0.1, 0.15) is 5.60 Å². The number of hydrogen-bond acceptors (Lipinski definition) is 3. The van der Waals surface area contributed by atoms with Crippen LogP contribution < -0.4 is 10.6 Å². The zero-order valence-corrected chi connectivity index (χ0v) is 11.6. The SMILES string of the molecule is CC(C)(C)OC(=O)N[C@@H]1C[C@H]2CCNC[C@H]21.Cl. The minimum absolute atomic E-state index is 0. The van der Waals surface area contributed by atoms with Crippen molar-refractivity contribution in [3.05, 3.63) is 0 Å². The Balaban J connectivity index is 0.00000144. The minimum atomic E-state index is -0.405. The van der Waals surface area contributed by atoms with E-state index in [-0.39, 0.29) is 18.5 Å². The first kappa shape index (κ1) is 14.6. The lowest BCUT2D eigenvalue weighted by Gasteiger charge is -2.48. The molecule has 2 aliphatic rings. The normalized spacial score (nSPS) is 31.6. The van der Waals surface area contributed by atoms with Crippen molar-refractivity contribution >= 4 is 18.5 Å². The molecule has 2 rings (SSSR count). The van der Waals surface area contributed by atoms with Crippen molar-refractivity contribution in [1.29, 1.82) is 0 Å².